The molecule has 0 aliphatic heterocycles. The lowest BCUT2D eigenvalue weighted by atomic mass is 10.2. The van der Waals surface area contributed by atoms with Crippen LogP contribution in [0.2, 0.25) is 5.02 Å². The molecule has 0 fully saturated rings. The number of fused-ring (bicyclic) bond motifs is 1. The van der Waals surface area contributed by atoms with Crippen molar-refractivity contribution in [1.29, 1.82) is 0 Å². The fourth-order valence-electron chi connectivity index (χ4n) is 2.12. The molecule has 2 N–H and O–H groups in total. The average molecular weight is 337 g/mol. The second kappa shape index (κ2) is 4.54. The monoisotopic (exact) mass is 335 g/mol. The van der Waals surface area contributed by atoms with Gasteiger partial charge in [-0.3, -0.25) is 0 Å². The van der Waals surface area contributed by atoms with Crippen molar-refractivity contribution in [2.45, 2.75) is 6.92 Å². The van der Waals surface area contributed by atoms with Crippen molar-refractivity contribution in [3.05, 3.63) is 51.7 Å². The Bertz CT molecular complexity index is 780. The van der Waals surface area contributed by atoms with E-state index in [4.69, 9.17) is 17.3 Å². The third-order valence-corrected chi connectivity index (χ3v) is 3.77. The van der Waals surface area contributed by atoms with Crippen LogP contribution in [0.4, 0.5) is 5.69 Å². The molecule has 96 valence electrons. The second-order valence-corrected chi connectivity index (χ2v) is 5.76. The highest BCUT2D eigenvalue weighted by Crippen LogP contribution is 2.30. The number of anilines is 1. The molecule has 5 heteroatoms. The molecule has 2 aromatic heterocycles. The summed E-state index contributed by atoms with van der Waals surface area (Å²) < 4.78 is 2.88. The predicted octanol–water partition coefficient (Wildman–Crippen LogP) is 4.31. The Morgan fingerprint density at radius 3 is 2.79 bits per heavy atom. The van der Waals surface area contributed by atoms with Gasteiger partial charge in [0.1, 0.15) is 5.65 Å². The summed E-state index contributed by atoms with van der Waals surface area (Å²) in [6.07, 6.45) is 3.79. The Balaban J connectivity index is 2.23. The van der Waals surface area contributed by atoms with Crippen LogP contribution in [0.25, 0.3) is 16.9 Å². The molecule has 0 atom stereocenters. The number of hydrogen-bond acceptors (Lipinski definition) is 2. The van der Waals surface area contributed by atoms with Gasteiger partial charge < -0.3 is 10.1 Å². The zero-order chi connectivity index (χ0) is 13.6. The van der Waals surface area contributed by atoms with Crippen molar-refractivity contribution in [1.82, 2.24) is 9.38 Å². The average Bonchev–Trinajstić information content (AvgIpc) is 2.72. The first-order valence-electron chi connectivity index (χ1n) is 5.75. The minimum Gasteiger partial charge on any atom is -0.398 e. The number of nitrogen functional groups attached to an aromatic ring is 1. The smallest absolute Gasteiger partial charge is 0.140 e. The fraction of sp³-hybridized carbons (Fsp3) is 0.0714. The number of benzene rings is 1. The van der Waals surface area contributed by atoms with Crippen LogP contribution in [0.5, 0.6) is 0 Å². The minimum absolute atomic E-state index is 0.670. The third-order valence-electron chi connectivity index (χ3n) is 2.96. The lowest BCUT2D eigenvalue weighted by Crippen LogP contribution is -1.92. The molecule has 0 spiro atoms. The van der Waals surface area contributed by atoms with Gasteiger partial charge in [0.15, 0.2) is 0 Å². The van der Waals surface area contributed by atoms with Crippen molar-refractivity contribution in [3.63, 3.8) is 0 Å². The summed E-state index contributed by atoms with van der Waals surface area (Å²) in [7, 11) is 0. The van der Waals surface area contributed by atoms with Gasteiger partial charge in [0.05, 0.1) is 10.7 Å². The number of rotatable bonds is 1. The zero-order valence-electron chi connectivity index (χ0n) is 10.2. The second-order valence-electron chi connectivity index (χ2n) is 4.44. The van der Waals surface area contributed by atoms with Crippen LogP contribution in [-0.4, -0.2) is 9.38 Å². The molecular weight excluding hydrogens is 326 g/mol. The number of imidazole rings is 1. The number of pyridine rings is 1. The van der Waals surface area contributed by atoms with Gasteiger partial charge >= 0.3 is 0 Å². The fourth-order valence-corrected chi connectivity index (χ4v) is 2.89. The van der Waals surface area contributed by atoms with E-state index in [1.165, 1.54) is 0 Å². The molecule has 0 aliphatic carbocycles. The van der Waals surface area contributed by atoms with E-state index in [1.807, 2.05) is 48.0 Å². The third kappa shape index (κ3) is 2.22. The number of nitrogens with zero attached hydrogens (tertiary/aromatic N) is 2. The molecule has 3 aromatic rings. The summed E-state index contributed by atoms with van der Waals surface area (Å²) in [5, 5.41) is 0.670. The van der Waals surface area contributed by atoms with E-state index < -0.39 is 0 Å². The first-order valence-corrected chi connectivity index (χ1v) is 6.92. The van der Waals surface area contributed by atoms with E-state index >= 15 is 0 Å². The van der Waals surface area contributed by atoms with E-state index in [2.05, 4.69) is 20.9 Å². The van der Waals surface area contributed by atoms with Gasteiger partial charge in [-0.05, 0) is 30.7 Å². The summed E-state index contributed by atoms with van der Waals surface area (Å²) in [6, 6.07) is 7.68. The maximum absolute atomic E-state index is 6.26. The van der Waals surface area contributed by atoms with Crippen molar-refractivity contribution in [2.24, 2.45) is 0 Å². The highest BCUT2D eigenvalue weighted by Gasteiger charge is 2.10. The Kier molecular flexibility index (Phi) is 2.99. The van der Waals surface area contributed by atoms with E-state index in [0.717, 1.165) is 32.6 Å². The molecule has 0 unspecified atom stereocenters. The molecule has 0 radical (unpaired) electrons. The van der Waals surface area contributed by atoms with Crippen LogP contribution in [0.1, 0.15) is 5.56 Å². The lowest BCUT2D eigenvalue weighted by Gasteiger charge is -2.00. The van der Waals surface area contributed by atoms with E-state index in [1.54, 1.807) is 0 Å². The molecule has 19 heavy (non-hydrogen) atoms. The number of aryl methyl sites for hydroxylation is 1. The molecule has 1 aromatic carbocycles. The van der Waals surface area contributed by atoms with Crippen LogP contribution in [0.3, 0.4) is 0 Å². The minimum atomic E-state index is 0.670. The van der Waals surface area contributed by atoms with Crippen LogP contribution in [-0.2, 0) is 0 Å². The van der Waals surface area contributed by atoms with E-state index in [-0.39, 0.29) is 0 Å². The maximum atomic E-state index is 6.26. The summed E-state index contributed by atoms with van der Waals surface area (Å²) in [5.74, 6) is 0. The Labute approximate surface area is 124 Å². The largest absolute Gasteiger partial charge is 0.398 e. The molecule has 0 amide bonds. The summed E-state index contributed by atoms with van der Waals surface area (Å²) >= 11 is 9.66. The number of hydrogen-bond donors (Lipinski definition) is 1. The summed E-state index contributed by atoms with van der Waals surface area (Å²) in [6.45, 7) is 1.99. The lowest BCUT2D eigenvalue weighted by molar-refractivity contribution is 1.17. The topological polar surface area (TPSA) is 43.3 Å². The highest BCUT2D eigenvalue weighted by molar-refractivity contribution is 9.10. The van der Waals surface area contributed by atoms with Gasteiger partial charge in [-0.1, -0.05) is 33.6 Å². The number of halogens is 2. The molecule has 0 bridgehead atoms. The van der Waals surface area contributed by atoms with Crippen molar-refractivity contribution in [2.75, 3.05) is 5.73 Å². The molecular formula is C14H11BrClN3. The standard InChI is InChI=1S/C14H11BrClN3/c1-8-4-10(17)6-19-7-13(18-14(8)19)11-3-2-9(15)5-12(11)16/h2-7H,17H2,1H3. The summed E-state index contributed by atoms with van der Waals surface area (Å²) in [4.78, 5) is 4.62. The zero-order valence-corrected chi connectivity index (χ0v) is 12.5. The molecule has 3 rings (SSSR count). The number of aromatic nitrogens is 2. The molecule has 0 aliphatic rings. The molecule has 0 saturated heterocycles. The van der Waals surface area contributed by atoms with Gasteiger partial charge in [0.25, 0.3) is 0 Å². The Morgan fingerprint density at radius 1 is 1.26 bits per heavy atom. The first-order chi connectivity index (χ1) is 9.04. The van der Waals surface area contributed by atoms with Gasteiger partial charge in [-0.15, -0.1) is 0 Å². The van der Waals surface area contributed by atoms with Crippen LogP contribution >= 0.6 is 27.5 Å². The molecule has 2 heterocycles. The van der Waals surface area contributed by atoms with Crippen LogP contribution in [0, 0.1) is 6.92 Å². The Morgan fingerprint density at radius 2 is 2.05 bits per heavy atom. The highest BCUT2D eigenvalue weighted by atomic mass is 79.9. The quantitative estimate of drug-likeness (QED) is 0.719. The van der Waals surface area contributed by atoms with Gasteiger partial charge in [-0.2, -0.15) is 0 Å². The van der Waals surface area contributed by atoms with Crippen LogP contribution in [0.15, 0.2) is 41.1 Å². The first kappa shape index (κ1) is 12.5. The number of nitrogens with two attached hydrogens (primary N) is 1. The Hall–Kier alpha value is -1.52. The van der Waals surface area contributed by atoms with Gasteiger partial charge in [0, 0.05) is 28.1 Å². The normalized spacial score (nSPS) is 11.1. The van der Waals surface area contributed by atoms with Crippen molar-refractivity contribution < 1.29 is 0 Å². The van der Waals surface area contributed by atoms with E-state index in [0.29, 0.717) is 5.02 Å². The van der Waals surface area contributed by atoms with Crippen molar-refractivity contribution in [3.8, 4) is 11.3 Å². The van der Waals surface area contributed by atoms with Crippen LogP contribution < -0.4 is 5.73 Å². The van der Waals surface area contributed by atoms with Gasteiger partial charge in [-0.25, -0.2) is 4.98 Å². The molecule has 0 saturated carbocycles. The van der Waals surface area contributed by atoms with Gasteiger partial charge in [0.2, 0.25) is 0 Å². The SMILES string of the molecule is Cc1cc(N)cn2cc(-c3ccc(Br)cc3Cl)nc12. The van der Waals surface area contributed by atoms with Crippen molar-refractivity contribution >= 4 is 38.9 Å². The predicted molar refractivity (Wildman–Crippen MR) is 82.5 cm³/mol. The summed E-state index contributed by atoms with van der Waals surface area (Å²) in [5.41, 5.74) is 10.2. The maximum Gasteiger partial charge on any atom is 0.140 e. The van der Waals surface area contributed by atoms with E-state index in [9.17, 15) is 0 Å². The molecule has 3 nitrogen and oxygen atoms in total.